The number of hydrogen-bond donors (Lipinski definition) is 7. The number of allylic oxidation sites excluding steroid dienone is 12. The summed E-state index contributed by atoms with van der Waals surface area (Å²) in [5.74, 6) is -0.407. The molecule has 7 N–H and O–H groups in total. The van der Waals surface area contributed by atoms with E-state index in [-0.39, 0.29) is 19.6 Å². The summed E-state index contributed by atoms with van der Waals surface area (Å²) in [4.78, 5) is 12.8. The Morgan fingerprint density at radius 3 is 1.61 bits per heavy atom. The second-order valence-electron chi connectivity index (χ2n) is 15.5. The fourth-order valence-electron chi connectivity index (χ4n) is 6.53. The molecule has 0 spiro atoms. The molecule has 0 saturated carbocycles. The molecule has 2 heterocycles. The molecule has 14 heteroatoms. The smallest absolute Gasteiger partial charge is 0.306 e. The summed E-state index contributed by atoms with van der Waals surface area (Å²) >= 11 is 0. The summed E-state index contributed by atoms with van der Waals surface area (Å²) < 4.78 is 33.9. The molecule has 2 saturated heterocycles. The maximum Gasteiger partial charge on any atom is 0.306 e. The van der Waals surface area contributed by atoms with Gasteiger partial charge in [-0.05, 0) is 57.8 Å². The number of hydrogen-bond acceptors (Lipinski definition) is 14. The van der Waals surface area contributed by atoms with Crippen LogP contribution < -0.4 is 0 Å². The summed E-state index contributed by atoms with van der Waals surface area (Å²) in [6.45, 7) is 3.32. The summed E-state index contributed by atoms with van der Waals surface area (Å²) in [7, 11) is 0. The highest BCUT2D eigenvalue weighted by molar-refractivity contribution is 5.69. The van der Waals surface area contributed by atoms with Gasteiger partial charge >= 0.3 is 5.97 Å². The van der Waals surface area contributed by atoms with Crippen molar-refractivity contribution in [2.24, 2.45) is 0 Å². The molecule has 2 fully saturated rings. The maximum absolute atomic E-state index is 12.8. The van der Waals surface area contributed by atoms with Crippen LogP contribution in [0.15, 0.2) is 72.9 Å². The Hall–Kier alpha value is -2.57. The number of ether oxygens (including phenoxy) is 6. The Morgan fingerprint density at radius 2 is 1.05 bits per heavy atom. The predicted molar refractivity (Wildman–Crippen MR) is 233 cm³/mol. The maximum atomic E-state index is 12.8. The molecule has 0 aliphatic carbocycles. The molecule has 61 heavy (non-hydrogen) atoms. The molecule has 2 rings (SSSR count). The second-order valence-corrected chi connectivity index (χ2v) is 15.5. The zero-order valence-corrected chi connectivity index (χ0v) is 36.6. The van der Waals surface area contributed by atoms with Crippen molar-refractivity contribution in [3.05, 3.63) is 72.9 Å². The van der Waals surface area contributed by atoms with Crippen LogP contribution >= 0.6 is 0 Å². The predicted octanol–water partition coefficient (Wildman–Crippen LogP) is 5.17. The number of esters is 1. The van der Waals surface area contributed by atoms with Crippen molar-refractivity contribution in [1.82, 2.24) is 0 Å². The van der Waals surface area contributed by atoms with E-state index in [9.17, 15) is 40.5 Å². The number of rotatable bonds is 33. The topological polar surface area (TPSA) is 214 Å². The number of aliphatic hydroxyl groups excluding tert-OH is 7. The van der Waals surface area contributed by atoms with E-state index in [0.717, 1.165) is 70.6 Å². The van der Waals surface area contributed by atoms with Gasteiger partial charge in [-0.15, -0.1) is 0 Å². The summed E-state index contributed by atoms with van der Waals surface area (Å²) in [5, 5.41) is 71.7. The summed E-state index contributed by atoms with van der Waals surface area (Å²) in [5.41, 5.74) is 0. The normalized spacial score (nSPS) is 28.1. The Labute approximate surface area is 364 Å². The highest BCUT2D eigenvalue weighted by Crippen LogP contribution is 2.26. The third-order valence-corrected chi connectivity index (χ3v) is 10.2. The fraction of sp³-hybridized carbons (Fsp3) is 0.723. The second kappa shape index (κ2) is 34.9. The molecule has 0 aromatic rings. The molecule has 0 amide bonds. The Bertz CT molecular complexity index is 1280. The highest BCUT2D eigenvalue weighted by Gasteiger charge is 2.47. The lowest BCUT2D eigenvalue weighted by Gasteiger charge is -2.42. The summed E-state index contributed by atoms with van der Waals surface area (Å²) in [6.07, 6.45) is 24.4. The highest BCUT2D eigenvalue weighted by atomic mass is 16.7. The number of carbonyl (C=O) groups is 1. The zero-order valence-electron chi connectivity index (χ0n) is 36.6. The minimum atomic E-state index is -1.72. The third-order valence-electron chi connectivity index (χ3n) is 10.2. The van der Waals surface area contributed by atoms with E-state index in [0.29, 0.717) is 13.0 Å². The number of aliphatic hydroxyl groups is 7. The van der Waals surface area contributed by atoms with Crippen LogP contribution in [-0.4, -0.2) is 142 Å². The van der Waals surface area contributed by atoms with E-state index >= 15 is 0 Å². The van der Waals surface area contributed by atoms with Crippen molar-refractivity contribution in [3.8, 4) is 0 Å². The lowest BCUT2D eigenvalue weighted by atomic mass is 9.98. The zero-order chi connectivity index (χ0) is 44.5. The third kappa shape index (κ3) is 23.6. The molecule has 0 bridgehead atoms. The van der Waals surface area contributed by atoms with Crippen LogP contribution in [0.3, 0.4) is 0 Å². The van der Waals surface area contributed by atoms with Gasteiger partial charge in [0.15, 0.2) is 12.6 Å². The van der Waals surface area contributed by atoms with Gasteiger partial charge in [-0.1, -0.05) is 125 Å². The van der Waals surface area contributed by atoms with Gasteiger partial charge < -0.3 is 64.2 Å². The first kappa shape index (κ1) is 54.6. The van der Waals surface area contributed by atoms with Gasteiger partial charge in [-0.3, -0.25) is 4.79 Å². The van der Waals surface area contributed by atoms with E-state index in [1.165, 1.54) is 19.3 Å². The van der Waals surface area contributed by atoms with Gasteiger partial charge in [0.2, 0.25) is 0 Å². The van der Waals surface area contributed by atoms with Crippen LogP contribution in [0.5, 0.6) is 0 Å². The molecule has 14 nitrogen and oxygen atoms in total. The molecule has 0 aromatic carbocycles. The largest absolute Gasteiger partial charge is 0.457 e. The Morgan fingerprint density at radius 1 is 0.557 bits per heavy atom. The average molecular weight is 867 g/mol. The van der Waals surface area contributed by atoms with Gasteiger partial charge in [-0.2, -0.15) is 0 Å². The average Bonchev–Trinajstić information content (AvgIpc) is 3.25. The van der Waals surface area contributed by atoms with Crippen LogP contribution in [0.1, 0.15) is 117 Å². The van der Waals surface area contributed by atoms with Crippen molar-refractivity contribution in [1.29, 1.82) is 0 Å². The molecule has 0 radical (unpaired) electrons. The van der Waals surface area contributed by atoms with E-state index in [1.54, 1.807) is 0 Å². The first-order valence-corrected chi connectivity index (χ1v) is 22.5. The minimum absolute atomic E-state index is 0.0180. The van der Waals surface area contributed by atoms with E-state index < -0.39 is 86.7 Å². The van der Waals surface area contributed by atoms with Crippen molar-refractivity contribution < 1.29 is 69.0 Å². The lowest BCUT2D eigenvalue weighted by Crippen LogP contribution is -2.61. The Balaban J connectivity index is 1.80. The standard InChI is InChI=1S/C47H78O14/c1-3-5-7-9-11-12-13-14-15-16-17-18-19-20-21-22-23-25-27-29-31-56-33-36(59-39(49)30-28-26-24-10-8-6-4-2)34-57-46-45(55)43(53)41(51)38(61-46)35-58-47-44(54)42(52)40(50)37(32-48)60-47/h5,7,11-12,14-15,17-18,20-21,23,25,36-38,40-48,50-55H,3-4,6,8-10,13,16,19,22,24,26-35H2,1-2H3/b7-5-,12-11-,15-14-,18-17-,21-20-,25-23-. The van der Waals surface area contributed by atoms with Crippen LogP contribution in [0.4, 0.5) is 0 Å². The van der Waals surface area contributed by atoms with Crippen LogP contribution in [0.25, 0.3) is 0 Å². The molecule has 2 aliphatic rings. The van der Waals surface area contributed by atoms with E-state index in [1.807, 2.05) is 0 Å². The van der Waals surface area contributed by atoms with Gasteiger partial charge in [0, 0.05) is 13.0 Å². The van der Waals surface area contributed by atoms with Crippen LogP contribution in [0.2, 0.25) is 0 Å². The van der Waals surface area contributed by atoms with Crippen molar-refractivity contribution in [3.63, 3.8) is 0 Å². The summed E-state index contributed by atoms with van der Waals surface area (Å²) in [6, 6.07) is 0. The number of carbonyl (C=O) groups excluding carboxylic acids is 1. The molecule has 0 aromatic heterocycles. The van der Waals surface area contributed by atoms with E-state index in [4.69, 9.17) is 28.4 Å². The van der Waals surface area contributed by atoms with Crippen LogP contribution in [0, 0.1) is 0 Å². The molecule has 350 valence electrons. The van der Waals surface area contributed by atoms with Crippen LogP contribution in [-0.2, 0) is 33.2 Å². The van der Waals surface area contributed by atoms with Crippen molar-refractivity contribution in [2.45, 2.75) is 184 Å². The van der Waals surface area contributed by atoms with E-state index in [2.05, 4.69) is 86.8 Å². The molecule has 2 aliphatic heterocycles. The first-order valence-electron chi connectivity index (χ1n) is 22.5. The number of unbranched alkanes of at least 4 members (excludes halogenated alkanes) is 7. The lowest BCUT2D eigenvalue weighted by molar-refractivity contribution is -0.332. The molecular formula is C47H78O14. The van der Waals surface area contributed by atoms with Gasteiger partial charge in [0.1, 0.15) is 54.9 Å². The van der Waals surface area contributed by atoms with Gasteiger partial charge in [0.05, 0.1) is 26.4 Å². The van der Waals surface area contributed by atoms with Gasteiger partial charge in [0.25, 0.3) is 0 Å². The quantitative estimate of drug-likeness (QED) is 0.0258. The SMILES string of the molecule is CC/C=C\C/C=C\C/C=C\C/C=C\C/C=C\C/C=C\CCCOCC(COC1OC(COC2OC(CO)C(O)C(O)C2O)C(O)C(O)C1O)OC(=O)CCCCCCCCC. The minimum Gasteiger partial charge on any atom is -0.457 e. The molecular weight excluding hydrogens is 789 g/mol. The monoisotopic (exact) mass is 867 g/mol. The van der Waals surface area contributed by atoms with Crippen molar-refractivity contribution in [2.75, 3.05) is 33.0 Å². The molecule has 11 unspecified atom stereocenters. The van der Waals surface area contributed by atoms with Gasteiger partial charge in [-0.25, -0.2) is 0 Å². The first-order chi connectivity index (χ1) is 29.6. The fourth-order valence-corrected chi connectivity index (χ4v) is 6.53. The Kier molecular flexibility index (Phi) is 31.2. The van der Waals surface area contributed by atoms with Crippen molar-refractivity contribution >= 4 is 5.97 Å². The molecule has 11 atom stereocenters.